The van der Waals surface area contributed by atoms with Gasteiger partial charge in [0.25, 0.3) is 0 Å². The van der Waals surface area contributed by atoms with Crippen LogP contribution in [0.25, 0.3) is 0 Å². The maximum absolute atomic E-state index is 13.1. The predicted octanol–water partition coefficient (Wildman–Crippen LogP) is 24.6. The highest BCUT2D eigenvalue weighted by atomic mass is 31.2. The summed E-state index contributed by atoms with van der Waals surface area (Å²) in [5, 5.41) is 10.6. The standard InChI is InChI=1S/C83H158O17P2/c1-7-10-12-14-16-18-19-20-25-33-38-43-49-55-61-67-82(87)99-78(71-93-80(85)65-59-53-47-17-15-13-11-8-2)73-97-101(89,90)95-69-77(84)70-96-102(91,92)98-74-79(72-94-81(86)66-60-54-48-42-37-32-29-28-30-35-40-45-51-57-63-75(4)5)100-83(88)68-62-56-50-44-39-34-27-24-22-21-23-26-31-36-41-46-52-58-64-76(6)9-3/h18-20,25,75-79,84H,7-17,21-24,26-74H2,1-6H3,(H,89,90)(H,91,92)/b19-18-,25-20-/t76?,77-,78+,79+/m0/s1. The normalized spacial score (nSPS) is 14.3. The molecule has 0 amide bonds. The van der Waals surface area contributed by atoms with Crippen LogP contribution in [-0.4, -0.2) is 96.7 Å². The zero-order valence-corrected chi connectivity index (χ0v) is 68.2. The van der Waals surface area contributed by atoms with E-state index in [1.165, 1.54) is 212 Å². The molecule has 0 aromatic heterocycles. The summed E-state index contributed by atoms with van der Waals surface area (Å²) < 4.78 is 68.6. The van der Waals surface area contributed by atoms with Crippen LogP contribution in [0, 0.1) is 11.8 Å². The van der Waals surface area contributed by atoms with Crippen LogP contribution in [0.2, 0.25) is 0 Å². The molecular weight excluding hydrogens is 1330 g/mol. The van der Waals surface area contributed by atoms with E-state index in [0.29, 0.717) is 25.7 Å². The van der Waals surface area contributed by atoms with Crippen LogP contribution in [0.1, 0.15) is 414 Å². The quantitative estimate of drug-likeness (QED) is 0.0169. The van der Waals surface area contributed by atoms with Gasteiger partial charge in [0.15, 0.2) is 12.2 Å². The van der Waals surface area contributed by atoms with Gasteiger partial charge in [0.2, 0.25) is 0 Å². The molecule has 0 aliphatic carbocycles. The summed E-state index contributed by atoms with van der Waals surface area (Å²) in [6.45, 7) is 9.64. The second-order valence-corrected chi connectivity index (χ2v) is 32.8. The van der Waals surface area contributed by atoms with E-state index in [2.05, 4.69) is 65.8 Å². The molecule has 0 aliphatic heterocycles. The van der Waals surface area contributed by atoms with Crippen molar-refractivity contribution in [2.45, 2.75) is 432 Å². The smallest absolute Gasteiger partial charge is 0.462 e. The number of phosphoric acid groups is 2. The van der Waals surface area contributed by atoms with Gasteiger partial charge in [-0.25, -0.2) is 9.13 Å². The number of hydrogen-bond acceptors (Lipinski definition) is 15. The lowest BCUT2D eigenvalue weighted by Gasteiger charge is -2.21. The van der Waals surface area contributed by atoms with Crippen molar-refractivity contribution in [1.29, 1.82) is 0 Å². The van der Waals surface area contributed by atoms with E-state index in [0.717, 1.165) is 121 Å². The zero-order valence-electron chi connectivity index (χ0n) is 66.4. The highest BCUT2D eigenvalue weighted by Crippen LogP contribution is 2.45. The molecule has 3 N–H and O–H groups in total. The van der Waals surface area contributed by atoms with Crippen LogP contribution in [0.5, 0.6) is 0 Å². The van der Waals surface area contributed by atoms with Gasteiger partial charge in [0, 0.05) is 25.7 Å². The third kappa shape index (κ3) is 74.4. The molecule has 0 bridgehead atoms. The van der Waals surface area contributed by atoms with Crippen LogP contribution in [-0.2, 0) is 65.4 Å². The van der Waals surface area contributed by atoms with Crippen LogP contribution >= 0.6 is 15.6 Å². The minimum atomic E-state index is -4.97. The summed E-state index contributed by atoms with van der Waals surface area (Å²) in [7, 11) is -9.93. The molecule has 102 heavy (non-hydrogen) atoms. The number of esters is 4. The summed E-state index contributed by atoms with van der Waals surface area (Å²) in [4.78, 5) is 73.0. The number of aliphatic hydroxyl groups excluding tert-OH is 1. The number of hydrogen-bond donors (Lipinski definition) is 3. The van der Waals surface area contributed by atoms with Crippen LogP contribution in [0.3, 0.4) is 0 Å². The molecule has 0 heterocycles. The second-order valence-electron chi connectivity index (χ2n) is 29.9. The average Bonchev–Trinajstić information content (AvgIpc) is 0.952. The molecule has 0 fully saturated rings. The fourth-order valence-electron chi connectivity index (χ4n) is 12.3. The van der Waals surface area contributed by atoms with E-state index < -0.39 is 97.5 Å². The van der Waals surface area contributed by atoms with Gasteiger partial charge >= 0.3 is 39.5 Å². The molecule has 602 valence electrons. The monoisotopic (exact) mass is 1490 g/mol. The lowest BCUT2D eigenvalue weighted by atomic mass is 9.99. The summed E-state index contributed by atoms with van der Waals surface area (Å²) in [5.41, 5.74) is 0. The summed E-state index contributed by atoms with van der Waals surface area (Å²) in [5.74, 6) is -0.472. The molecule has 0 rings (SSSR count). The highest BCUT2D eigenvalue weighted by Gasteiger charge is 2.30. The molecule has 19 heteroatoms. The van der Waals surface area contributed by atoms with Crippen molar-refractivity contribution < 1.29 is 80.2 Å². The van der Waals surface area contributed by atoms with E-state index in [4.69, 9.17) is 37.0 Å². The molecule has 0 aliphatic rings. The minimum absolute atomic E-state index is 0.0850. The van der Waals surface area contributed by atoms with Gasteiger partial charge in [-0.3, -0.25) is 37.3 Å². The first-order chi connectivity index (χ1) is 49.4. The van der Waals surface area contributed by atoms with Crippen molar-refractivity contribution in [3.8, 4) is 0 Å². The lowest BCUT2D eigenvalue weighted by Crippen LogP contribution is -2.30. The van der Waals surface area contributed by atoms with Crippen molar-refractivity contribution in [1.82, 2.24) is 0 Å². The van der Waals surface area contributed by atoms with Crippen LogP contribution in [0.15, 0.2) is 24.3 Å². The molecule has 3 unspecified atom stereocenters. The Morgan fingerprint density at radius 1 is 0.324 bits per heavy atom. The topological polar surface area (TPSA) is 237 Å². The van der Waals surface area contributed by atoms with Crippen molar-refractivity contribution in [2.24, 2.45) is 11.8 Å². The molecular formula is C83H158O17P2. The number of rotatable bonds is 80. The first kappa shape index (κ1) is 99.5. The van der Waals surface area contributed by atoms with Gasteiger partial charge in [-0.1, -0.05) is 361 Å². The lowest BCUT2D eigenvalue weighted by molar-refractivity contribution is -0.161. The molecule has 0 aromatic carbocycles. The van der Waals surface area contributed by atoms with E-state index >= 15 is 0 Å². The number of unbranched alkanes of at least 4 members (excludes halogenated alkanes) is 46. The third-order valence-corrected chi connectivity index (χ3v) is 21.1. The summed E-state index contributed by atoms with van der Waals surface area (Å²) >= 11 is 0. The number of allylic oxidation sites excluding steroid dienone is 4. The summed E-state index contributed by atoms with van der Waals surface area (Å²) in [6.07, 6.45) is 67.5. The van der Waals surface area contributed by atoms with Crippen molar-refractivity contribution >= 4 is 39.5 Å². The van der Waals surface area contributed by atoms with E-state index in [-0.39, 0.29) is 25.7 Å². The largest absolute Gasteiger partial charge is 0.472 e. The molecule has 0 spiro atoms. The Kier molecular flexibility index (Phi) is 72.2. The third-order valence-electron chi connectivity index (χ3n) is 19.2. The first-order valence-corrected chi connectivity index (χ1v) is 45.3. The molecule has 0 aromatic rings. The highest BCUT2D eigenvalue weighted by molar-refractivity contribution is 7.47. The van der Waals surface area contributed by atoms with Gasteiger partial charge < -0.3 is 33.8 Å². The fraction of sp³-hybridized carbons (Fsp3) is 0.904. The number of ether oxygens (including phenoxy) is 4. The molecule has 17 nitrogen and oxygen atoms in total. The minimum Gasteiger partial charge on any atom is -0.462 e. The SMILES string of the molecule is CCCCCC/C=C\C=C/CCCCCCCC(=O)O[C@H](COC(=O)CCCCCCCCCC)COP(=O)(O)OC[C@H](O)COP(=O)(O)OC[C@@H](COC(=O)CCCCCCCCCCCCCCCCC(C)C)OC(=O)CCCCCCCCCCCCCCCCCCCCC(C)CC. The van der Waals surface area contributed by atoms with Gasteiger partial charge in [-0.05, 0) is 63.2 Å². The first-order valence-electron chi connectivity index (χ1n) is 42.3. The number of phosphoric ester groups is 2. The van der Waals surface area contributed by atoms with Gasteiger partial charge in [-0.2, -0.15) is 0 Å². The Balaban J connectivity index is 5.22. The van der Waals surface area contributed by atoms with Crippen molar-refractivity contribution in [3.05, 3.63) is 24.3 Å². The number of carbonyl (C=O) groups is 4. The Hall–Kier alpha value is -2.46. The van der Waals surface area contributed by atoms with Gasteiger partial charge in [0.05, 0.1) is 26.4 Å². The maximum atomic E-state index is 13.1. The Bertz CT molecular complexity index is 2060. The molecule has 0 saturated carbocycles. The Morgan fingerprint density at radius 3 is 0.882 bits per heavy atom. The molecule has 6 atom stereocenters. The Labute approximate surface area is 624 Å². The average molecular weight is 1490 g/mol. The van der Waals surface area contributed by atoms with Gasteiger partial charge in [-0.15, -0.1) is 0 Å². The predicted molar refractivity (Wildman–Crippen MR) is 418 cm³/mol. The zero-order chi connectivity index (χ0) is 74.9. The fourth-order valence-corrected chi connectivity index (χ4v) is 13.9. The van der Waals surface area contributed by atoms with Crippen molar-refractivity contribution in [3.63, 3.8) is 0 Å². The van der Waals surface area contributed by atoms with Gasteiger partial charge in [0.1, 0.15) is 19.3 Å². The Morgan fingerprint density at radius 2 is 0.578 bits per heavy atom. The second kappa shape index (κ2) is 74.0. The number of carbonyl (C=O) groups excluding carboxylic acids is 4. The number of aliphatic hydroxyl groups is 1. The van der Waals surface area contributed by atoms with E-state index in [1.807, 2.05) is 0 Å². The molecule has 0 radical (unpaired) electrons. The molecule has 0 saturated heterocycles. The van der Waals surface area contributed by atoms with Crippen LogP contribution < -0.4 is 0 Å². The summed E-state index contributed by atoms with van der Waals surface area (Å²) in [6, 6.07) is 0. The van der Waals surface area contributed by atoms with E-state index in [1.54, 1.807) is 0 Å². The van der Waals surface area contributed by atoms with Crippen LogP contribution in [0.4, 0.5) is 0 Å². The maximum Gasteiger partial charge on any atom is 0.472 e. The van der Waals surface area contributed by atoms with E-state index in [9.17, 15) is 43.2 Å². The van der Waals surface area contributed by atoms with Crippen molar-refractivity contribution in [2.75, 3.05) is 39.6 Å².